The van der Waals surface area contributed by atoms with Gasteiger partial charge in [0.05, 0.1) is 12.0 Å². The number of nitrogens with zero attached hydrogens (tertiary/aromatic N) is 2. The number of pyridine rings is 1. The van der Waals surface area contributed by atoms with Gasteiger partial charge < -0.3 is 15.0 Å². The summed E-state index contributed by atoms with van der Waals surface area (Å²) < 4.78 is 60.5. The molecule has 1 aliphatic heterocycles. The molecule has 3 rings (SSSR count). The molecule has 10 heteroatoms. The fourth-order valence-corrected chi connectivity index (χ4v) is 4.23. The molecule has 0 bridgehead atoms. The number of aromatic nitrogens is 1. The summed E-state index contributed by atoms with van der Waals surface area (Å²) in [5, 5.41) is 3.22. The Labute approximate surface area is 169 Å². The van der Waals surface area contributed by atoms with E-state index in [0.717, 1.165) is 13.1 Å². The van der Waals surface area contributed by atoms with Crippen molar-refractivity contribution in [2.24, 2.45) is 0 Å². The van der Waals surface area contributed by atoms with Gasteiger partial charge >= 0.3 is 0 Å². The van der Waals surface area contributed by atoms with Gasteiger partial charge in [0.2, 0.25) is 12.3 Å². The van der Waals surface area contributed by atoms with Crippen molar-refractivity contribution in [3.05, 3.63) is 42.0 Å². The minimum Gasteiger partial charge on any atom is -0.479 e. The van der Waals surface area contributed by atoms with E-state index in [-0.39, 0.29) is 22.0 Å². The fourth-order valence-electron chi connectivity index (χ4n) is 3.12. The molecule has 158 valence electrons. The monoisotopic (exact) mass is 426 g/mol. The Morgan fingerprint density at radius 2 is 1.86 bits per heavy atom. The molecule has 2 aromatic rings. The molecule has 1 aromatic carbocycles. The summed E-state index contributed by atoms with van der Waals surface area (Å²) in [5.74, 6) is -0.779. The van der Waals surface area contributed by atoms with Crippen LogP contribution in [0.5, 0.6) is 5.88 Å². The summed E-state index contributed by atoms with van der Waals surface area (Å²) in [6, 6.07) is 9.23. The summed E-state index contributed by atoms with van der Waals surface area (Å²) in [5.41, 5.74) is 0.0722. The minimum atomic E-state index is -4.00. The van der Waals surface area contributed by atoms with Crippen molar-refractivity contribution in [3.8, 4) is 5.88 Å². The molecule has 2 heterocycles. The Balaban J connectivity index is 2.08. The summed E-state index contributed by atoms with van der Waals surface area (Å²) in [7, 11) is -2.67. The van der Waals surface area contributed by atoms with Gasteiger partial charge in [-0.15, -0.1) is 0 Å². The second kappa shape index (κ2) is 8.91. The highest BCUT2D eigenvalue weighted by Crippen LogP contribution is 2.38. The largest absolute Gasteiger partial charge is 0.479 e. The lowest BCUT2D eigenvalue weighted by molar-refractivity contribution is 0.121. The van der Waals surface area contributed by atoms with Crippen LogP contribution in [0.3, 0.4) is 0 Å². The molecule has 0 amide bonds. The van der Waals surface area contributed by atoms with Crippen molar-refractivity contribution in [1.29, 1.82) is 0 Å². The number of anilines is 2. The van der Waals surface area contributed by atoms with Crippen LogP contribution in [0.2, 0.25) is 0 Å². The zero-order valence-electron chi connectivity index (χ0n) is 16.2. The van der Waals surface area contributed by atoms with Crippen LogP contribution in [0.1, 0.15) is 18.4 Å². The smallest absolute Gasteiger partial charge is 0.262 e. The maximum atomic E-state index is 13.6. The van der Waals surface area contributed by atoms with E-state index in [1.165, 1.54) is 32.2 Å². The first-order valence-corrected chi connectivity index (χ1v) is 10.7. The van der Waals surface area contributed by atoms with Crippen LogP contribution in [-0.4, -0.2) is 53.1 Å². The molecule has 0 saturated carbocycles. The Hall–Kier alpha value is -2.46. The molecular formula is C19H24F2N4O3S. The van der Waals surface area contributed by atoms with Gasteiger partial charge in [-0.1, -0.05) is 25.1 Å². The molecule has 0 spiro atoms. The number of alkyl halides is 2. The van der Waals surface area contributed by atoms with Gasteiger partial charge in [0.25, 0.3) is 10.0 Å². The predicted molar refractivity (Wildman–Crippen MR) is 108 cm³/mol. The van der Waals surface area contributed by atoms with E-state index in [0.29, 0.717) is 18.9 Å². The van der Waals surface area contributed by atoms with E-state index in [4.69, 9.17) is 4.74 Å². The fraction of sp³-hybridized carbons (Fsp3) is 0.421. The second-order valence-corrected chi connectivity index (χ2v) is 8.42. The first-order chi connectivity index (χ1) is 13.8. The second-order valence-electron chi connectivity index (χ2n) is 6.73. The molecule has 7 nitrogen and oxygen atoms in total. The first kappa shape index (κ1) is 21.3. The van der Waals surface area contributed by atoms with Crippen LogP contribution in [0.25, 0.3) is 0 Å². The average Bonchev–Trinajstić information content (AvgIpc) is 2.74. The first-order valence-electron chi connectivity index (χ1n) is 9.24. The lowest BCUT2D eigenvalue weighted by Gasteiger charge is -2.30. The van der Waals surface area contributed by atoms with E-state index in [1.807, 2.05) is 4.90 Å². The van der Waals surface area contributed by atoms with Gasteiger partial charge in [0, 0.05) is 32.1 Å². The van der Waals surface area contributed by atoms with E-state index < -0.39 is 22.4 Å². The van der Waals surface area contributed by atoms with Gasteiger partial charge in [-0.2, -0.15) is 4.98 Å². The Bertz CT molecular complexity index is 936. The number of hydrogen-bond acceptors (Lipinski definition) is 6. The van der Waals surface area contributed by atoms with Crippen molar-refractivity contribution >= 4 is 21.5 Å². The van der Waals surface area contributed by atoms with Crippen LogP contribution in [0.15, 0.2) is 41.3 Å². The van der Waals surface area contributed by atoms with Gasteiger partial charge in [-0.25, -0.2) is 17.2 Å². The number of nitrogens with one attached hydrogen (secondary N) is 2. The quantitative estimate of drug-likeness (QED) is 0.708. The number of ether oxygens (including phenoxy) is 1. The molecule has 1 fully saturated rings. The Morgan fingerprint density at radius 3 is 2.45 bits per heavy atom. The third-order valence-electron chi connectivity index (χ3n) is 4.80. The summed E-state index contributed by atoms with van der Waals surface area (Å²) in [6.45, 7) is 4.15. The van der Waals surface area contributed by atoms with Crippen molar-refractivity contribution in [2.75, 3.05) is 42.9 Å². The van der Waals surface area contributed by atoms with Gasteiger partial charge in [-0.05, 0) is 23.8 Å². The number of benzene rings is 1. The SMILES string of the molecule is COc1nc(N2CCNCC2)cc([C@@H](C)C(F)F)c1NS(=O)(=O)c1ccccc1. The van der Waals surface area contributed by atoms with E-state index in [2.05, 4.69) is 15.0 Å². The van der Waals surface area contributed by atoms with Crippen LogP contribution >= 0.6 is 0 Å². The van der Waals surface area contributed by atoms with E-state index in [9.17, 15) is 17.2 Å². The van der Waals surface area contributed by atoms with E-state index >= 15 is 0 Å². The summed E-state index contributed by atoms with van der Waals surface area (Å²) in [6.07, 6.45) is -2.68. The standard InChI is InChI=1S/C19H24F2N4O3S/c1-13(18(20)21)15-12-16(25-10-8-22-9-11-25)23-19(28-2)17(15)24-29(26,27)14-6-4-3-5-7-14/h3-7,12-13,18,22,24H,8-11H2,1-2H3/t13-/m1/s1. The van der Waals surface area contributed by atoms with Crippen LogP contribution in [0, 0.1) is 0 Å². The van der Waals surface area contributed by atoms with Crippen LogP contribution in [-0.2, 0) is 10.0 Å². The highest BCUT2D eigenvalue weighted by atomic mass is 32.2. The van der Waals surface area contributed by atoms with Gasteiger partial charge in [0.15, 0.2) is 0 Å². The van der Waals surface area contributed by atoms with Crippen molar-refractivity contribution < 1.29 is 21.9 Å². The third-order valence-corrected chi connectivity index (χ3v) is 6.16. The average molecular weight is 426 g/mol. The molecule has 2 N–H and O–H groups in total. The highest BCUT2D eigenvalue weighted by Gasteiger charge is 2.28. The lowest BCUT2D eigenvalue weighted by Crippen LogP contribution is -2.44. The number of sulfonamides is 1. The van der Waals surface area contributed by atoms with Crippen molar-refractivity contribution in [2.45, 2.75) is 24.2 Å². The molecule has 0 unspecified atom stereocenters. The van der Waals surface area contributed by atoms with Crippen molar-refractivity contribution in [1.82, 2.24) is 10.3 Å². The number of hydrogen-bond donors (Lipinski definition) is 2. The van der Waals surface area contributed by atoms with Crippen molar-refractivity contribution in [3.63, 3.8) is 0 Å². The maximum absolute atomic E-state index is 13.6. The normalized spacial score (nSPS) is 16.0. The molecule has 1 aromatic heterocycles. The molecule has 1 atom stereocenters. The number of halogens is 2. The molecule has 29 heavy (non-hydrogen) atoms. The maximum Gasteiger partial charge on any atom is 0.262 e. The Morgan fingerprint density at radius 1 is 1.21 bits per heavy atom. The molecule has 1 aliphatic rings. The number of piperazine rings is 1. The highest BCUT2D eigenvalue weighted by molar-refractivity contribution is 7.92. The molecule has 1 saturated heterocycles. The lowest BCUT2D eigenvalue weighted by atomic mass is 10.0. The van der Waals surface area contributed by atoms with E-state index in [1.54, 1.807) is 18.2 Å². The topological polar surface area (TPSA) is 83.6 Å². The van der Waals surface area contributed by atoms with Crippen LogP contribution in [0.4, 0.5) is 20.3 Å². The molecule has 0 radical (unpaired) electrons. The molecule has 0 aliphatic carbocycles. The molecular weight excluding hydrogens is 402 g/mol. The Kier molecular flexibility index (Phi) is 6.53. The van der Waals surface area contributed by atoms with Gasteiger partial charge in [0.1, 0.15) is 11.5 Å². The summed E-state index contributed by atoms with van der Waals surface area (Å²) >= 11 is 0. The number of methoxy groups -OCH3 is 1. The zero-order valence-corrected chi connectivity index (χ0v) is 17.0. The zero-order chi connectivity index (χ0) is 21.0. The number of rotatable bonds is 7. The van der Waals surface area contributed by atoms with Gasteiger partial charge in [-0.3, -0.25) is 4.72 Å². The third kappa shape index (κ3) is 4.76. The summed E-state index contributed by atoms with van der Waals surface area (Å²) in [4.78, 5) is 6.37. The van der Waals surface area contributed by atoms with Crippen LogP contribution < -0.4 is 19.7 Å². The minimum absolute atomic E-state index is 0.0175. The predicted octanol–water partition coefficient (Wildman–Crippen LogP) is 2.67.